The van der Waals surface area contributed by atoms with Crippen LogP contribution in [0.5, 0.6) is 0 Å². The molecule has 0 bridgehead atoms. The molecule has 1 atom stereocenters. The molecular formula is C12H23NO4. The smallest absolute Gasteiger partial charge is 0.410 e. The average Bonchev–Trinajstić information content (AvgIpc) is 2.09. The summed E-state index contributed by atoms with van der Waals surface area (Å²) in [4.78, 5) is 23.9. The van der Waals surface area contributed by atoms with Crippen molar-refractivity contribution < 1.29 is 19.4 Å². The van der Waals surface area contributed by atoms with Crippen molar-refractivity contribution in [1.82, 2.24) is 4.90 Å². The number of hydrogen-bond acceptors (Lipinski definition) is 3. The summed E-state index contributed by atoms with van der Waals surface area (Å²) in [6.07, 6.45) is -0.564. The molecule has 0 aliphatic rings. The van der Waals surface area contributed by atoms with Crippen molar-refractivity contribution in [2.75, 3.05) is 7.05 Å². The predicted molar refractivity (Wildman–Crippen MR) is 64.9 cm³/mol. The monoisotopic (exact) mass is 245 g/mol. The van der Waals surface area contributed by atoms with Crippen LogP contribution in [0.1, 0.15) is 41.0 Å². The van der Waals surface area contributed by atoms with Crippen molar-refractivity contribution in [3.05, 3.63) is 0 Å². The summed E-state index contributed by atoms with van der Waals surface area (Å²) in [5, 5.41) is 8.82. The lowest BCUT2D eigenvalue weighted by Gasteiger charge is -2.32. The van der Waals surface area contributed by atoms with Crippen molar-refractivity contribution in [1.29, 1.82) is 0 Å². The standard InChI is InChI=1S/C12H23NO4/c1-8(2)9(7-10(14)15)13(6)11(16)17-12(3,4)5/h8-9H,7H2,1-6H3,(H,14,15)/t9-/m1/s1. The Bertz CT molecular complexity index is 281. The van der Waals surface area contributed by atoms with Gasteiger partial charge in [0.1, 0.15) is 5.60 Å². The number of carbonyl (C=O) groups is 2. The van der Waals surface area contributed by atoms with Gasteiger partial charge in [0.25, 0.3) is 0 Å². The zero-order valence-corrected chi connectivity index (χ0v) is 11.5. The number of amides is 1. The van der Waals surface area contributed by atoms with E-state index in [0.717, 1.165) is 0 Å². The van der Waals surface area contributed by atoms with Gasteiger partial charge in [-0.15, -0.1) is 0 Å². The van der Waals surface area contributed by atoms with E-state index >= 15 is 0 Å². The minimum atomic E-state index is -0.917. The van der Waals surface area contributed by atoms with E-state index in [4.69, 9.17) is 9.84 Å². The lowest BCUT2D eigenvalue weighted by atomic mass is 10.00. The molecule has 0 saturated carbocycles. The second kappa shape index (κ2) is 5.89. The molecule has 0 aromatic rings. The summed E-state index contributed by atoms with van der Waals surface area (Å²) in [6, 6.07) is -0.359. The number of rotatable bonds is 4. The number of carboxylic acid groups (broad SMARTS) is 1. The van der Waals surface area contributed by atoms with Gasteiger partial charge in [0.15, 0.2) is 0 Å². The Morgan fingerprint density at radius 3 is 2.06 bits per heavy atom. The maximum atomic E-state index is 11.8. The molecule has 0 aromatic heterocycles. The normalized spacial score (nSPS) is 13.4. The minimum absolute atomic E-state index is 0.0589. The largest absolute Gasteiger partial charge is 0.481 e. The first-order chi connectivity index (χ1) is 7.54. The molecule has 0 aliphatic carbocycles. The lowest BCUT2D eigenvalue weighted by Crippen LogP contribution is -2.44. The molecule has 1 N–H and O–H groups in total. The van der Waals surface area contributed by atoms with E-state index in [1.165, 1.54) is 4.90 Å². The summed E-state index contributed by atoms with van der Waals surface area (Å²) in [5.41, 5.74) is -0.573. The molecule has 5 nitrogen and oxygen atoms in total. The van der Waals surface area contributed by atoms with Crippen LogP contribution < -0.4 is 0 Å². The zero-order valence-electron chi connectivity index (χ0n) is 11.5. The number of carboxylic acids is 1. The van der Waals surface area contributed by atoms with Crippen LogP contribution in [-0.4, -0.2) is 40.8 Å². The molecule has 0 unspecified atom stereocenters. The number of ether oxygens (including phenoxy) is 1. The second-order valence-corrected chi connectivity index (χ2v) is 5.50. The molecule has 0 radical (unpaired) electrons. The Hall–Kier alpha value is -1.26. The van der Waals surface area contributed by atoms with Gasteiger partial charge < -0.3 is 14.7 Å². The Morgan fingerprint density at radius 2 is 1.76 bits per heavy atom. The van der Waals surface area contributed by atoms with Crippen LogP contribution >= 0.6 is 0 Å². The number of aliphatic carboxylic acids is 1. The first-order valence-electron chi connectivity index (χ1n) is 5.72. The van der Waals surface area contributed by atoms with E-state index < -0.39 is 17.7 Å². The highest BCUT2D eigenvalue weighted by Gasteiger charge is 2.28. The molecule has 0 fully saturated rings. The van der Waals surface area contributed by atoms with Crippen molar-refractivity contribution in [2.24, 2.45) is 5.92 Å². The minimum Gasteiger partial charge on any atom is -0.481 e. The van der Waals surface area contributed by atoms with Crippen LogP contribution in [0.25, 0.3) is 0 Å². The first-order valence-corrected chi connectivity index (χ1v) is 5.72. The molecule has 0 saturated heterocycles. The molecule has 1 amide bonds. The fourth-order valence-electron chi connectivity index (χ4n) is 1.47. The summed E-state index contributed by atoms with van der Waals surface area (Å²) < 4.78 is 5.21. The molecule has 5 heteroatoms. The van der Waals surface area contributed by atoms with Gasteiger partial charge in [-0.3, -0.25) is 4.79 Å². The fraction of sp³-hybridized carbons (Fsp3) is 0.833. The van der Waals surface area contributed by atoms with E-state index in [1.807, 2.05) is 13.8 Å². The van der Waals surface area contributed by atoms with Gasteiger partial charge >= 0.3 is 12.1 Å². The van der Waals surface area contributed by atoms with E-state index in [-0.39, 0.29) is 18.4 Å². The topological polar surface area (TPSA) is 66.8 Å². The van der Waals surface area contributed by atoms with E-state index in [0.29, 0.717) is 0 Å². The van der Waals surface area contributed by atoms with Gasteiger partial charge in [-0.1, -0.05) is 13.8 Å². The van der Waals surface area contributed by atoms with Crippen LogP contribution in [0.2, 0.25) is 0 Å². The molecule has 0 aliphatic heterocycles. The third-order valence-electron chi connectivity index (χ3n) is 2.33. The van der Waals surface area contributed by atoms with Gasteiger partial charge in [-0.05, 0) is 26.7 Å². The Morgan fingerprint density at radius 1 is 1.29 bits per heavy atom. The van der Waals surface area contributed by atoms with Crippen molar-refractivity contribution in [3.63, 3.8) is 0 Å². The Labute approximate surface area is 103 Å². The number of nitrogens with zero attached hydrogens (tertiary/aromatic N) is 1. The predicted octanol–water partition coefficient (Wildman–Crippen LogP) is 2.35. The highest BCUT2D eigenvalue weighted by atomic mass is 16.6. The molecule has 0 rings (SSSR count). The van der Waals surface area contributed by atoms with Gasteiger partial charge in [0, 0.05) is 13.1 Å². The maximum absolute atomic E-state index is 11.8. The van der Waals surface area contributed by atoms with Crippen LogP contribution in [0, 0.1) is 5.92 Å². The molecule has 0 aromatic carbocycles. The Kier molecular flexibility index (Phi) is 5.45. The zero-order chi connectivity index (χ0) is 13.8. The highest BCUT2D eigenvalue weighted by Crippen LogP contribution is 2.17. The molecule has 17 heavy (non-hydrogen) atoms. The quantitative estimate of drug-likeness (QED) is 0.825. The van der Waals surface area contributed by atoms with Crippen molar-refractivity contribution in [3.8, 4) is 0 Å². The van der Waals surface area contributed by atoms with Crippen LogP contribution in [0.4, 0.5) is 4.79 Å². The first kappa shape index (κ1) is 15.7. The van der Waals surface area contributed by atoms with E-state index in [1.54, 1.807) is 27.8 Å². The van der Waals surface area contributed by atoms with Crippen molar-refractivity contribution in [2.45, 2.75) is 52.7 Å². The van der Waals surface area contributed by atoms with Gasteiger partial charge in [-0.2, -0.15) is 0 Å². The molecule has 0 spiro atoms. The average molecular weight is 245 g/mol. The number of hydrogen-bond donors (Lipinski definition) is 1. The fourth-order valence-corrected chi connectivity index (χ4v) is 1.47. The summed E-state index contributed by atoms with van der Waals surface area (Å²) in [6.45, 7) is 9.10. The second-order valence-electron chi connectivity index (χ2n) is 5.50. The SMILES string of the molecule is CC(C)[C@@H](CC(=O)O)N(C)C(=O)OC(C)(C)C. The molecule has 100 valence electrons. The van der Waals surface area contributed by atoms with Gasteiger partial charge in [0.05, 0.1) is 6.42 Å². The van der Waals surface area contributed by atoms with Gasteiger partial charge in [0.2, 0.25) is 0 Å². The van der Waals surface area contributed by atoms with Gasteiger partial charge in [-0.25, -0.2) is 4.79 Å². The molecule has 0 heterocycles. The van der Waals surface area contributed by atoms with Crippen molar-refractivity contribution >= 4 is 12.1 Å². The highest BCUT2D eigenvalue weighted by molar-refractivity contribution is 5.71. The maximum Gasteiger partial charge on any atom is 0.410 e. The van der Waals surface area contributed by atoms with E-state index in [2.05, 4.69) is 0 Å². The summed E-state index contributed by atoms with van der Waals surface area (Å²) in [7, 11) is 1.57. The molecular weight excluding hydrogens is 222 g/mol. The third kappa shape index (κ3) is 6.14. The summed E-state index contributed by atoms with van der Waals surface area (Å²) in [5.74, 6) is -0.859. The van der Waals surface area contributed by atoms with Crippen LogP contribution in [0.3, 0.4) is 0 Å². The Balaban J connectivity index is 4.66. The lowest BCUT2D eigenvalue weighted by molar-refractivity contribution is -0.138. The number of carbonyl (C=O) groups excluding carboxylic acids is 1. The van der Waals surface area contributed by atoms with Crippen LogP contribution in [-0.2, 0) is 9.53 Å². The van der Waals surface area contributed by atoms with Crippen LogP contribution in [0.15, 0.2) is 0 Å². The summed E-state index contributed by atoms with van der Waals surface area (Å²) >= 11 is 0. The third-order valence-corrected chi connectivity index (χ3v) is 2.33. The van der Waals surface area contributed by atoms with E-state index in [9.17, 15) is 9.59 Å².